The monoisotopic (exact) mass is 696 g/mol. The van der Waals surface area contributed by atoms with Crippen LogP contribution in [0.5, 0.6) is 5.88 Å². The lowest BCUT2D eigenvalue weighted by molar-refractivity contribution is -0.130. The second kappa shape index (κ2) is 14.1. The van der Waals surface area contributed by atoms with Crippen LogP contribution in [-0.4, -0.2) is 84.0 Å². The van der Waals surface area contributed by atoms with Crippen molar-refractivity contribution in [2.45, 2.75) is 70.6 Å². The molecule has 3 aliphatic rings. The second-order valence-corrected chi connectivity index (χ2v) is 14.2. The van der Waals surface area contributed by atoms with Crippen LogP contribution < -0.4 is 4.74 Å². The van der Waals surface area contributed by atoms with Crippen LogP contribution in [0.1, 0.15) is 60.4 Å². The molecule has 2 aromatic carbocycles. The SMILES string of the molecule is COC/C=C/C(=O)N1CC[C@H](n2ccc3c(OC[C@@H]4CCCN4C)nc4c(F)c(-c5c(C)c(C)cc6c5C=NC6)c(Cl)cc4c32)C[C@H]1CC#N. The standard InChI is InChI=1S/C39H42ClFN6O3/c1-23-17-25-20-43-21-31(25)34(24(23)2)35-32(40)19-30-37(36(35)41)44-39(50-22-28-7-5-13-45(28)3)29-11-15-47(38(29)30)27-10-14-46(26(18-27)9-12-42)33(48)8-6-16-49-4/h6,8,11,15,17,19,21,26-28H,5,7,9-10,13-14,16,18,20,22H2,1-4H3/b8-6+/t26-,27+,28+/m1/s1. The summed E-state index contributed by atoms with van der Waals surface area (Å²) in [6, 6.07) is 8.12. The number of nitrogens with zero attached hydrogens (tertiary/aromatic N) is 6. The number of carbonyl (C=O) groups excluding carboxylic acids is 1. The Morgan fingerprint density at radius 3 is 2.78 bits per heavy atom. The van der Waals surface area contributed by atoms with Crippen LogP contribution in [0.2, 0.25) is 5.02 Å². The summed E-state index contributed by atoms with van der Waals surface area (Å²) in [5, 5.41) is 11.4. The summed E-state index contributed by atoms with van der Waals surface area (Å²) in [5.74, 6) is -0.243. The number of nitriles is 1. The molecule has 0 spiro atoms. The van der Waals surface area contributed by atoms with E-state index in [1.54, 1.807) is 18.1 Å². The smallest absolute Gasteiger partial charge is 0.246 e. The molecule has 3 atom stereocenters. The first-order valence-corrected chi connectivity index (χ1v) is 17.7. The predicted molar refractivity (Wildman–Crippen MR) is 195 cm³/mol. The fraction of sp³-hybridized carbons (Fsp3) is 0.436. The minimum atomic E-state index is -0.494. The Hall–Kier alpha value is -4.30. The van der Waals surface area contributed by atoms with Crippen molar-refractivity contribution in [1.82, 2.24) is 19.4 Å². The topological polar surface area (TPSA) is 96.0 Å². The number of fused-ring (bicyclic) bond motifs is 4. The summed E-state index contributed by atoms with van der Waals surface area (Å²) in [6.45, 7) is 6.84. The lowest BCUT2D eigenvalue weighted by Crippen LogP contribution is -2.45. The van der Waals surface area contributed by atoms with Gasteiger partial charge in [-0.2, -0.15) is 5.26 Å². The van der Waals surface area contributed by atoms with Gasteiger partial charge in [0, 0.05) is 66.8 Å². The first-order valence-electron chi connectivity index (χ1n) is 17.3. The van der Waals surface area contributed by atoms with Crippen LogP contribution >= 0.6 is 11.6 Å². The van der Waals surface area contributed by atoms with Gasteiger partial charge in [0.05, 0.1) is 41.6 Å². The van der Waals surface area contributed by atoms with Crippen LogP contribution in [0, 0.1) is 31.0 Å². The third kappa shape index (κ3) is 6.06. The average molecular weight is 697 g/mol. The number of hydrogen-bond donors (Lipinski definition) is 0. The van der Waals surface area contributed by atoms with Crippen molar-refractivity contribution < 1.29 is 18.7 Å². The summed E-state index contributed by atoms with van der Waals surface area (Å²) in [4.78, 5) is 26.6. The zero-order chi connectivity index (χ0) is 35.1. The Morgan fingerprint density at radius 2 is 2.02 bits per heavy atom. The number of methoxy groups -OCH3 is 1. The summed E-state index contributed by atoms with van der Waals surface area (Å²) in [7, 11) is 3.68. The Bertz CT molecular complexity index is 2080. The maximum Gasteiger partial charge on any atom is 0.246 e. The molecule has 4 aromatic rings. The predicted octanol–water partition coefficient (Wildman–Crippen LogP) is 7.32. The first-order chi connectivity index (χ1) is 24.2. The molecule has 0 saturated carbocycles. The van der Waals surface area contributed by atoms with E-state index in [0.717, 1.165) is 58.1 Å². The van der Waals surface area contributed by atoms with Gasteiger partial charge in [-0.3, -0.25) is 9.79 Å². The number of halogens is 2. The highest BCUT2D eigenvalue weighted by Gasteiger charge is 2.33. The van der Waals surface area contributed by atoms with E-state index >= 15 is 4.39 Å². The third-order valence-corrected chi connectivity index (χ3v) is 11.1. The van der Waals surface area contributed by atoms with Crippen molar-refractivity contribution in [3.63, 3.8) is 0 Å². The van der Waals surface area contributed by atoms with Crippen LogP contribution in [0.25, 0.3) is 32.9 Å². The number of ether oxygens (including phenoxy) is 2. The number of amides is 1. The molecule has 0 radical (unpaired) electrons. The van der Waals surface area contributed by atoms with Crippen molar-refractivity contribution in [3.8, 4) is 23.1 Å². The van der Waals surface area contributed by atoms with E-state index in [1.165, 1.54) is 6.08 Å². The quantitative estimate of drug-likeness (QED) is 0.170. The van der Waals surface area contributed by atoms with Crippen LogP contribution in [0.4, 0.5) is 4.39 Å². The third-order valence-electron chi connectivity index (χ3n) is 10.8. The molecule has 2 fully saturated rings. The zero-order valence-corrected chi connectivity index (χ0v) is 29.8. The number of aromatic nitrogens is 2. The van der Waals surface area contributed by atoms with E-state index in [1.807, 2.05) is 38.4 Å². The number of likely N-dealkylation sites (N-methyl/N-ethyl adjacent to an activating group) is 1. The fourth-order valence-electron chi connectivity index (χ4n) is 8.03. The summed E-state index contributed by atoms with van der Waals surface area (Å²) in [5.41, 5.74) is 5.97. The number of hydrogen-bond acceptors (Lipinski definition) is 7. The Balaban J connectivity index is 1.36. The Kier molecular flexibility index (Phi) is 9.66. The lowest BCUT2D eigenvalue weighted by atomic mass is 9.88. The molecule has 0 aliphatic carbocycles. The van der Waals surface area contributed by atoms with Gasteiger partial charge in [-0.25, -0.2) is 9.37 Å². The molecule has 1 amide bonds. The molecular formula is C39H42ClFN6O3. The molecule has 11 heteroatoms. The van der Waals surface area contributed by atoms with Crippen molar-refractivity contribution in [3.05, 3.63) is 69.6 Å². The van der Waals surface area contributed by atoms with E-state index in [0.29, 0.717) is 61.0 Å². The van der Waals surface area contributed by atoms with E-state index in [4.69, 9.17) is 26.1 Å². The summed E-state index contributed by atoms with van der Waals surface area (Å²) >= 11 is 7.09. The molecule has 50 heavy (non-hydrogen) atoms. The molecule has 2 saturated heterocycles. The van der Waals surface area contributed by atoms with Crippen LogP contribution in [-0.2, 0) is 16.1 Å². The van der Waals surface area contributed by atoms with Crippen LogP contribution in [0.15, 0.2) is 41.5 Å². The number of pyridine rings is 1. The number of likely N-dealkylation sites (tertiary alicyclic amines) is 2. The molecule has 9 nitrogen and oxygen atoms in total. The molecule has 7 rings (SSSR count). The fourth-order valence-corrected chi connectivity index (χ4v) is 8.31. The van der Waals surface area contributed by atoms with Gasteiger partial charge < -0.3 is 23.8 Å². The van der Waals surface area contributed by atoms with Gasteiger partial charge >= 0.3 is 0 Å². The minimum absolute atomic E-state index is 0.0581. The van der Waals surface area contributed by atoms with Gasteiger partial charge in [-0.1, -0.05) is 23.7 Å². The maximum atomic E-state index is 17.3. The Morgan fingerprint density at radius 1 is 1.18 bits per heavy atom. The molecule has 5 heterocycles. The number of carbonyl (C=O) groups is 1. The first kappa shape index (κ1) is 34.2. The van der Waals surface area contributed by atoms with E-state index in [2.05, 4.69) is 33.6 Å². The van der Waals surface area contributed by atoms with E-state index in [9.17, 15) is 10.1 Å². The summed E-state index contributed by atoms with van der Waals surface area (Å²) in [6.07, 6.45) is 10.6. The van der Waals surface area contributed by atoms with E-state index in [-0.39, 0.29) is 36.0 Å². The highest BCUT2D eigenvalue weighted by atomic mass is 35.5. The van der Waals surface area contributed by atoms with Gasteiger partial charge in [0.1, 0.15) is 12.1 Å². The number of aryl methyl sites for hydroxylation is 1. The number of rotatable bonds is 9. The zero-order valence-electron chi connectivity index (χ0n) is 29.0. The molecule has 3 aliphatic heterocycles. The minimum Gasteiger partial charge on any atom is -0.476 e. The maximum absolute atomic E-state index is 17.3. The van der Waals surface area contributed by atoms with Gasteiger partial charge in [-0.15, -0.1) is 0 Å². The Labute approximate surface area is 296 Å². The highest BCUT2D eigenvalue weighted by Crippen LogP contribution is 2.45. The van der Waals surface area contributed by atoms with Gasteiger partial charge in [0.25, 0.3) is 0 Å². The van der Waals surface area contributed by atoms with Gasteiger partial charge in [0.2, 0.25) is 11.8 Å². The number of benzene rings is 2. The molecule has 260 valence electrons. The molecular weight excluding hydrogens is 655 g/mol. The normalized spacial score (nSPS) is 20.7. The summed E-state index contributed by atoms with van der Waals surface area (Å²) < 4.78 is 31.0. The molecule has 0 N–H and O–H groups in total. The number of aliphatic imine (C=N–C) groups is 1. The molecule has 2 aromatic heterocycles. The van der Waals surface area contributed by atoms with Crippen molar-refractivity contribution in [2.24, 2.45) is 4.99 Å². The van der Waals surface area contributed by atoms with E-state index < -0.39 is 5.82 Å². The highest BCUT2D eigenvalue weighted by molar-refractivity contribution is 6.35. The second-order valence-electron chi connectivity index (χ2n) is 13.8. The van der Waals surface area contributed by atoms with Crippen molar-refractivity contribution >= 4 is 45.5 Å². The van der Waals surface area contributed by atoms with Crippen LogP contribution in [0.3, 0.4) is 0 Å². The number of piperidine rings is 1. The van der Waals surface area contributed by atoms with Gasteiger partial charge in [0.15, 0.2) is 5.82 Å². The van der Waals surface area contributed by atoms with Crippen molar-refractivity contribution in [1.29, 1.82) is 5.26 Å². The molecule has 0 bridgehead atoms. The largest absolute Gasteiger partial charge is 0.476 e. The lowest BCUT2D eigenvalue weighted by Gasteiger charge is -2.39. The van der Waals surface area contributed by atoms with Gasteiger partial charge in [-0.05, 0) is 87.5 Å². The average Bonchev–Trinajstić information content (AvgIpc) is 3.86. The molecule has 0 unspecified atom stereocenters. The van der Waals surface area contributed by atoms with Crippen molar-refractivity contribution in [2.75, 3.05) is 40.5 Å².